The summed E-state index contributed by atoms with van der Waals surface area (Å²) in [4.78, 5) is 10.9. The predicted molar refractivity (Wildman–Crippen MR) is 35.0 cm³/mol. The van der Waals surface area contributed by atoms with Crippen molar-refractivity contribution in [2.24, 2.45) is 4.40 Å². The van der Waals surface area contributed by atoms with E-state index in [1.807, 2.05) is 0 Å². The molecule has 0 aliphatic carbocycles. The molecule has 0 N–H and O–H groups in total. The molecule has 1 aliphatic heterocycles. The summed E-state index contributed by atoms with van der Waals surface area (Å²) >= 11 is 6.30. The second-order valence-electron chi connectivity index (χ2n) is 1.23. The fraction of sp³-hybridized carbons (Fsp3) is 0. The van der Waals surface area contributed by atoms with Gasteiger partial charge in [0, 0.05) is 11.9 Å². The maximum atomic E-state index is 10.5. The molecule has 0 atom stereocenters. The van der Waals surface area contributed by atoms with Crippen molar-refractivity contribution in [2.75, 3.05) is 0 Å². The van der Waals surface area contributed by atoms with Crippen LogP contribution >= 0.6 is 23.5 Å². The number of rotatable bonds is 0. The maximum Gasteiger partial charge on any atom is 0.231 e. The topological polar surface area (TPSA) is 29.4 Å². The number of nitrogens with zero attached hydrogens (tertiary/aromatic N) is 1. The van der Waals surface area contributed by atoms with Crippen molar-refractivity contribution in [3.05, 3.63) is 11.5 Å². The molecule has 0 radical (unpaired) electrons. The molecule has 0 saturated carbocycles. The Morgan fingerprint density at radius 1 is 1.75 bits per heavy atom. The number of ketones is 1. The summed E-state index contributed by atoms with van der Waals surface area (Å²) < 4.78 is 3.55. The van der Waals surface area contributed by atoms with E-state index >= 15 is 0 Å². The minimum absolute atomic E-state index is 0.0278. The SMILES string of the molecule is C=C1SN=C(Cl)C1=O. The molecule has 4 heteroatoms. The number of Topliss-reactive ketones (excluding diaryl/α,β-unsaturated/α-hetero) is 1. The van der Waals surface area contributed by atoms with E-state index in [1.54, 1.807) is 0 Å². The van der Waals surface area contributed by atoms with Crippen LogP contribution in [0.15, 0.2) is 15.9 Å². The van der Waals surface area contributed by atoms with Crippen LogP contribution in [0, 0.1) is 0 Å². The van der Waals surface area contributed by atoms with Gasteiger partial charge in [-0.05, 0) is 0 Å². The summed E-state index contributed by atoms with van der Waals surface area (Å²) in [6.45, 7) is 3.40. The van der Waals surface area contributed by atoms with Gasteiger partial charge >= 0.3 is 0 Å². The van der Waals surface area contributed by atoms with Crippen LogP contribution < -0.4 is 0 Å². The first-order chi connectivity index (χ1) is 3.72. The first kappa shape index (κ1) is 5.85. The summed E-state index contributed by atoms with van der Waals surface area (Å²) in [7, 11) is 0. The van der Waals surface area contributed by atoms with Crippen LogP contribution in [-0.2, 0) is 4.79 Å². The van der Waals surface area contributed by atoms with Gasteiger partial charge in [0.15, 0.2) is 5.17 Å². The molecule has 8 heavy (non-hydrogen) atoms. The summed E-state index contributed by atoms with van der Waals surface area (Å²) in [5, 5.41) is 0.0278. The number of carbonyl (C=O) groups is 1. The normalized spacial score (nSPS) is 19.4. The minimum Gasteiger partial charge on any atom is -0.285 e. The molecule has 1 heterocycles. The van der Waals surface area contributed by atoms with E-state index in [1.165, 1.54) is 0 Å². The molecule has 0 aromatic carbocycles. The Morgan fingerprint density at radius 2 is 2.38 bits per heavy atom. The standard InChI is InChI=1S/C4H2ClNOS/c1-2-3(7)4(5)6-8-2/h1H2. The molecule has 2 nitrogen and oxygen atoms in total. The Hall–Kier alpha value is -0.280. The van der Waals surface area contributed by atoms with Crippen molar-refractivity contribution in [1.82, 2.24) is 0 Å². The van der Waals surface area contributed by atoms with E-state index in [2.05, 4.69) is 11.0 Å². The number of hydrogen-bond acceptors (Lipinski definition) is 3. The van der Waals surface area contributed by atoms with Crippen LogP contribution in [0.25, 0.3) is 0 Å². The molecule has 0 saturated heterocycles. The van der Waals surface area contributed by atoms with Gasteiger partial charge in [-0.1, -0.05) is 18.2 Å². The molecule has 1 rings (SSSR count). The fourth-order valence-corrected chi connectivity index (χ4v) is 1.02. The number of hydrogen-bond donors (Lipinski definition) is 0. The first-order valence-corrected chi connectivity index (χ1v) is 3.01. The Labute approximate surface area is 55.8 Å². The van der Waals surface area contributed by atoms with E-state index in [4.69, 9.17) is 11.6 Å². The molecule has 0 bridgehead atoms. The average Bonchev–Trinajstić information content (AvgIpc) is 1.98. The van der Waals surface area contributed by atoms with Gasteiger partial charge in [0.25, 0.3) is 0 Å². The smallest absolute Gasteiger partial charge is 0.231 e. The van der Waals surface area contributed by atoms with Crippen molar-refractivity contribution in [3.8, 4) is 0 Å². The second-order valence-corrected chi connectivity index (χ2v) is 2.44. The van der Waals surface area contributed by atoms with Gasteiger partial charge in [-0.3, -0.25) is 4.79 Å². The third-order valence-corrected chi connectivity index (χ3v) is 1.71. The zero-order valence-electron chi connectivity index (χ0n) is 3.85. The Morgan fingerprint density at radius 3 is 2.50 bits per heavy atom. The molecular weight excluding hydrogens is 146 g/mol. The minimum atomic E-state index is -0.253. The second kappa shape index (κ2) is 1.91. The highest BCUT2D eigenvalue weighted by atomic mass is 35.5. The van der Waals surface area contributed by atoms with Crippen LogP contribution in [0.3, 0.4) is 0 Å². The third kappa shape index (κ3) is 0.788. The highest BCUT2D eigenvalue weighted by Crippen LogP contribution is 2.24. The van der Waals surface area contributed by atoms with Crippen LogP contribution in [0.5, 0.6) is 0 Å². The number of carbonyl (C=O) groups excluding carboxylic acids is 1. The van der Waals surface area contributed by atoms with Gasteiger partial charge in [-0.15, -0.1) is 0 Å². The van der Waals surface area contributed by atoms with Crippen LogP contribution in [0.1, 0.15) is 0 Å². The van der Waals surface area contributed by atoms with Gasteiger partial charge in [-0.25, -0.2) is 0 Å². The Bertz CT molecular complexity index is 186. The largest absolute Gasteiger partial charge is 0.285 e. The molecule has 0 unspecified atom stereocenters. The van der Waals surface area contributed by atoms with Crippen LogP contribution in [-0.4, -0.2) is 11.0 Å². The third-order valence-electron chi connectivity index (χ3n) is 0.677. The lowest BCUT2D eigenvalue weighted by Crippen LogP contribution is -2.00. The van der Waals surface area contributed by atoms with Crippen molar-refractivity contribution in [3.63, 3.8) is 0 Å². The monoisotopic (exact) mass is 147 g/mol. The molecule has 42 valence electrons. The van der Waals surface area contributed by atoms with Crippen molar-refractivity contribution in [2.45, 2.75) is 0 Å². The van der Waals surface area contributed by atoms with E-state index in [0.717, 1.165) is 11.9 Å². The van der Waals surface area contributed by atoms with Gasteiger partial charge in [0.2, 0.25) is 5.78 Å². The molecule has 0 amide bonds. The van der Waals surface area contributed by atoms with Gasteiger partial charge in [0.1, 0.15) is 0 Å². The molecule has 1 aliphatic rings. The summed E-state index contributed by atoms with van der Waals surface area (Å²) in [6, 6.07) is 0. The van der Waals surface area contributed by atoms with Gasteiger partial charge in [-0.2, -0.15) is 4.40 Å². The lowest BCUT2D eigenvalue weighted by molar-refractivity contribution is -0.108. The molecule has 0 aromatic rings. The highest BCUT2D eigenvalue weighted by Gasteiger charge is 2.19. The predicted octanol–water partition coefficient (Wildman–Crippen LogP) is 1.37. The van der Waals surface area contributed by atoms with Crippen molar-refractivity contribution in [1.29, 1.82) is 0 Å². The van der Waals surface area contributed by atoms with E-state index in [0.29, 0.717) is 4.91 Å². The fourth-order valence-electron chi connectivity index (χ4n) is 0.293. The number of allylic oxidation sites excluding steroid dienone is 1. The summed E-state index contributed by atoms with van der Waals surface area (Å²) in [5.74, 6) is -0.253. The van der Waals surface area contributed by atoms with Crippen molar-refractivity contribution >= 4 is 34.5 Å². The lowest BCUT2D eigenvalue weighted by atomic mass is 10.4. The zero-order valence-corrected chi connectivity index (χ0v) is 5.42. The van der Waals surface area contributed by atoms with Crippen LogP contribution in [0.2, 0.25) is 0 Å². The van der Waals surface area contributed by atoms with Gasteiger partial charge < -0.3 is 0 Å². The lowest BCUT2D eigenvalue weighted by Gasteiger charge is -1.79. The van der Waals surface area contributed by atoms with E-state index < -0.39 is 0 Å². The molecule has 0 spiro atoms. The summed E-state index contributed by atoms with van der Waals surface area (Å²) in [6.07, 6.45) is 0. The first-order valence-electron chi connectivity index (χ1n) is 1.86. The molecular formula is C4H2ClNOS. The number of halogens is 1. The Balaban J connectivity index is 2.89. The highest BCUT2D eigenvalue weighted by molar-refractivity contribution is 8.04. The molecule has 0 fully saturated rings. The van der Waals surface area contributed by atoms with Crippen LogP contribution in [0.4, 0.5) is 0 Å². The Kier molecular flexibility index (Phi) is 1.40. The average molecular weight is 148 g/mol. The quantitative estimate of drug-likeness (QED) is 0.383. The van der Waals surface area contributed by atoms with E-state index in [9.17, 15) is 4.79 Å². The maximum absolute atomic E-state index is 10.5. The zero-order chi connectivity index (χ0) is 6.15. The van der Waals surface area contributed by atoms with E-state index in [-0.39, 0.29) is 11.0 Å². The summed E-state index contributed by atoms with van der Waals surface area (Å²) in [5.41, 5.74) is 0. The van der Waals surface area contributed by atoms with Gasteiger partial charge in [0.05, 0.1) is 4.91 Å². The molecule has 0 aromatic heterocycles. The van der Waals surface area contributed by atoms with Crippen molar-refractivity contribution < 1.29 is 4.79 Å².